The molecule has 2 aromatic rings. The molecule has 1 aromatic heterocycles. The molecular formula is C24H34BrN3O5S2. The maximum absolute atomic E-state index is 12.9. The average Bonchev–Trinajstić information content (AvgIpc) is 3.21. The van der Waals surface area contributed by atoms with Crippen molar-refractivity contribution in [1.29, 1.82) is 0 Å². The average molecular weight is 589 g/mol. The minimum Gasteiger partial charge on any atom is -0.478 e. The number of sulfonamides is 1. The van der Waals surface area contributed by atoms with Crippen LogP contribution in [0.2, 0.25) is 0 Å². The van der Waals surface area contributed by atoms with Crippen molar-refractivity contribution < 1.29 is 23.1 Å². The van der Waals surface area contributed by atoms with E-state index >= 15 is 0 Å². The maximum atomic E-state index is 12.9. The number of hydrogen-bond donors (Lipinski definition) is 3. The molecule has 194 valence electrons. The van der Waals surface area contributed by atoms with Gasteiger partial charge in [-0.2, -0.15) is 0 Å². The van der Waals surface area contributed by atoms with Crippen molar-refractivity contribution in [1.82, 2.24) is 9.62 Å². The molecule has 8 nitrogen and oxygen atoms in total. The molecule has 0 atom stereocenters. The van der Waals surface area contributed by atoms with Crippen LogP contribution in [0.4, 0.5) is 5.69 Å². The van der Waals surface area contributed by atoms with E-state index < -0.39 is 21.9 Å². The lowest BCUT2D eigenvalue weighted by Gasteiger charge is -2.21. The molecule has 0 spiro atoms. The topological polar surface area (TPSA) is 116 Å². The van der Waals surface area contributed by atoms with Crippen LogP contribution < -0.4 is 10.0 Å². The lowest BCUT2D eigenvalue weighted by molar-refractivity contribution is 0.0698. The summed E-state index contributed by atoms with van der Waals surface area (Å²) in [6.45, 7) is 9.09. The number of aromatic carboxylic acids is 1. The highest BCUT2D eigenvalue weighted by Crippen LogP contribution is 2.28. The van der Waals surface area contributed by atoms with Gasteiger partial charge in [-0.05, 0) is 69.6 Å². The van der Waals surface area contributed by atoms with Crippen LogP contribution in [0.15, 0.2) is 32.9 Å². The van der Waals surface area contributed by atoms with E-state index in [1.807, 2.05) is 0 Å². The summed E-state index contributed by atoms with van der Waals surface area (Å²) in [5.41, 5.74) is 0.404. The largest absolute Gasteiger partial charge is 0.478 e. The Morgan fingerprint density at radius 3 is 2.31 bits per heavy atom. The van der Waals surface area contributed by atoms with Gasteiger partial charge >= 0.3 is 5.97 Å². The number of unbranched alkanes of at least 4 members (excludes halogenated alkanes) is 2. The molecule has 2 rings (SSSR count). The van der Waals surface area contributed by atoms with Crippen LogP contribution in [-0.4, -0.2) is 56.5 Å². The second kappa shape index (κ2) is 14.1. The van der Waals surface area contributed by atoms with Gasteiger partial charge in [-0.1, -0.05) is 42.6 Å². The van der Waals surface area contributed by atoms with E-state index in [0.717, 1.165) is 56.7 Å². The summed E-state index contributed by atoms with van der Waals surface area (Å²) in [7, 11) is -3.77. The number of nitrogens with zero attached hydrogens (tertiary/aromatic N) is 1. The Bertz CT molecular complexity index is 1110. The summed E-state index contributed by atoms with van der Waals surface area (Å²) in [6.07, 6.45) is 5.21. The van der Waals surface area contributed by atoms with Crippen LogP contribution in [-0.2, 0) is 10.0 Å². The molecule has 35 heavy (non-hydrogen) atoms. The molecule has 0 saturated heterocycles. The van der Waals surface area contributed by atoms with Gasteiger partial charge in [0, 0.05) is 16.4 Å². The van der Waals surface area contributed by atoms with Crippen molar-refractivity contribution in [3.8, 4) is 0 Å². The molecule has 0 saturated carbocycles. The van der Waals surface area contributed by atoms with Gasteiger partial charge in [0.15, 0.2) is 0 Å². The first-order valence-corrected chi connectivity index (χ1v) is 14.9. The first-order valence-electron chi connectivity index (χ1n) is 11.7. The van der Waals surface area contributed by atoms with Gasteiger partial charge in [-0.3, -0.25) is 4.79 Å². The van der Waals surface area contributed by atoms with Crippen LogP contribution >= 0.6 is 27.3 Å². The number of thiophene rings is 1. The molecular weight excluding hydrogens is 554 g/mol. The van der Waals surface area contributed by atoms with Gasteiger partial charge in [0.05, 0.1) is 21.0 Å². The number of anilines is 1. The quantitative estimate of drug-likeness (QED) is 0.242. The summed E-state index contributed by atoms with van der Waals surface area (Å²) in [4.78, 5) is 27.0. The van der Waals surface area contributed by atoms with Gasteiger partial charge in [-0.25, -0.2) is 17.9 Å². The lowest BCUT2D eigenvalue weighted by atomic mass is 10.1. The zero-order chi connectivity index (χ0) is 26.0. The summed E-state index contributed by atoms with van der Waals surface area (Å²) < 4.78 is 29.0. The number of carboxylic acids is 1. The van der Waals surface area contributed by atoms with Crippen LogP contribution in [0.25, 0.3) is 0 Å². The number of carbonyl (C=O) groups is 2. The zero-order valence-corrected chi connectivity index (χ0v) is 23.6. The van der Waals surface area contributed by atoms with Crippen LogP contribution in [0.1, 0.15) is 71.5 Å². The van der Waals surface area contributed by atoms with Crippen molar-refractivity contribution in [2.45, 2.75) is 57.8 Å². The molecule has 1 amide bonds. The van der Waals surface area contributed by atoms with Crippen LogP contribution in [0, 0.1) is 6.92 Å². The molecule has 1 aromatic carbocycles. The number of nitrogens with one attached hydrogen (secondary N) is 2. The number of halogens is 1. The standard InChI is InChI=1S/C24H34BrN3O5S2/c1-4-6-12-28(13-7-5-2)14-8-11-26-35(32,33)21-16-34-22(17(21)3)23(29)27-20-10-9-18(25)15-19(20)24(30)31/h9-10,15-16,26H,4-8,11-14H2,1-3H3,(H,27,29)(H,30,31). The van der Waals surface area contributed by atoms with E-state index in [2.05, 4.69) is 44.7 Å². The highest BCUT2D eigenvalue weighted by molar-refractivity contribution is 9.10. The second-order valence-electron chi connectivity index (χ2n) is 8.30. The predicted octanol–water partition coefficient (Wildman–Crippen LogP) is 5.34. The molecule has 0 aliphatic heterocycles. The third-order valence-electron chi connectivity index (χ3n) is 5.55. The molecule has 0 aliphatic carbocycles. The maximum Gasteiger partial charge on any atom is 0.337 e. The number of carbonyl (C=O) groups excluding carboxylic acids is 1. The number of benzene rings is 1. The number of hydrogen-bond acceptors (Lipinski definition) is 6. The summed E-state index contributed by atoms with van der Waals surface area (Å²) in [6, 6.07) is 4.50. The van der Waals surface area contributed by atoms with Crippen LogP contribution in [0.5, 0.6) is 0 Å². The van der Waals surface area contributed by atoms with Crippen molar-refractivity contribution in [3.63, 3.8) is 0 Å². The van der Waals surface area contributed by atoms with Crippen molar-refractivity contribution in [2.75, 3.05) is 31.5 Å². The SMILES string of the molecule is CCCCN(CCCC)CCCNS(=O)(=O)c1csc(C(=O)Nc2ccc(Br)cc2C(=O)O)c1C. The van der Waals surface area contributed by atoms with Gasteiger partial charge < -0.3 is 15.3 Å². The Kier molecular flexibility index (Phi) is 11.8. The van der Waals surface area contributed by atoms with E-state index in [1.54, 1.807) is 13.0 Å². The fourth-order valence-electron chi connectivity index (χ4n) is 3.56. The number of rotatable bonds is 15. The first-order chi connectivity index (χ1) is 16.6. The molecule has 3 N–H and O–H groups in total. The normalized spacial score (nSPS) is 11.7. The zero-order valence-electron chi connectivity index (χ0n) is 20.4. The third-order valence-corrected chi connectivity index (χ3v) is 8.86. The second-order valence-corrected chi connectivity index (χ2v) is 11.8. The molecule has 0 aliphatic rings. The van der Waals surface area contributed by atoms with E-state index in [9.17, 15) is 23.1 Å². The van der Waals surface area contributed by atoms with E-state index in [0.29, 0.717) is 23.0 Å². The Balaban J connectivity index is 2.03. The molecule has 0 radical (unpaired) electrons. The highest BCUT2D eigenvalue weighted by atomic mass is 79.9. The van der Waals surface area contributed by atoms with Gasteiger partial charge in [0.2, 0.25) is 10.0 Å². The van der Waals surface area contributed by atoms with Gasteiger partial charge in [0.1, 0.15) is 0 Å². The first kappa shape index (κ1) is 29.4. The molecule has 0 bridgehead atoms. The lowest BCUT2D eigenvalue weighted by Crippen LogP contribution is -2.31. The minimum absolute atomic E-state index is 0.0655. The fraction of sp³-hybridized carbons (Fsp3) is 0.500. The molecule has 1 heterocycles. The smallest absolute Gasteiger partial charge is 0.337 e. The van der Waals surface area contributed by atoms with Crippen molar-refractivity contribution in [2.24, 2.45) is 0 Å². The van der Waals surface area contributed by atoms with Gasteiger partial charge in [0.25, 0.3) is 5.91 Å². The fourth-order valence-corrected chi connectivity index (χ4v) is 6.55. The monoisotopic (exact) mass is 587 g/mol. The molecule has 11 heteroatoms. The van der Waals surface area contributed by atoms with E-state index in [4.69, 9.17) is 0 Å². The summed E-state index contributed by atoms with van der Waals surface area (Å²) in [5.74, 6) is -1.74. The highest BCUT2D eigenvalue weighted by Gasteiger charge is 2.24. The Morgan fingerprint density at radius 1 is 1.09 bits per heavy atom. The number of carboxylic acid groups (broad SMARTS) is 1. The van der Waals surface area contributed by atoms with Crippen molar-refractivity contribution >= 4 is 54.9 Å². The molecule has 0 fully saturated rings. The predicted molar refractivity (Wildman–Crippen MR) is 144 cm³/mol. The van der Waals surface area contributed by atoms with Crippen LogP contribution in [0.3, 0.4) is 0 Å². The van der Waals surface area contributed by atoms with E-state index in [1.165, 1.54) is 17.5 Å². The number of amides is 1. The Hall–Kier alpha value is -1.79. The summed E-state index contributed by atoms with van der Waals surface area (Å²) >= 11 is 4.23. The van der Waals surface area contributed by atoms with E-state index in [-0.39, 0.29) is 21.0 Å². The minimum atomic E-state index is -3.77. The molecule has 0 unspecified atom stereocenters. The Morgan fingerprint density at radius 2 is 1.71 bits per heavy atom. The third kappa shape index (κ3) is 8.68. The Labute approximate surface area is 220 Å². The summed E-state index contributed by atoms with van der Waals surface area (Å²) in [5, 5.41) is 13.4. The van der Waals surface area contributed by atoms with Gasteiger partial charge in [-0.15, -0.1) is 11.3 Å². The van der Waals surface area contributed by atoms with Crippen molar-refractivity contribution in [3.05, 3.63) is 44.1 Å².